The highest BCUT2D eigenvalue weighted by atomic mass is 35.5. The molecule has 5 nitrogen and oxygen atoms in total. The number of aryl methyl sites for hydroxylation is 1. The third-order valence-electron chi connectivity index (χ3n) is 3.09. The molecule has 0 bridgehead atoms. The molecule has 102 valence electrons. The zero-order valence-corrected chi connectivity index (χ0v) is 11.2. The number of halogens is 1. The standard InChI is InChI=1S/C13H14ClNO4/c1-8-2-3-9(6-10(8)14)12(16)15-4-5-19-7-11(15)13(17)18/h2-3,6,11H,4-5,7H2,1H3,(H,17,18)/t11-/m1/s1. The molecule has 1 aliphatic rings. The van der Waals surface area contributed by atoms with Crippen molar-refractivity contribution < 1.29 is 19.4 Å². The average molecular weight is 284 g/mol. The van der Waals surface area contributed by atoms with Gasteiger partial charge < -0.3 is 14.7 Å². The number of ether oxygens (including phenoxy) is 1. The number of hydrogen-bond donors (Lipinski definition) is 1. The van der Waals surface area contributed by atoms with Crippen LogP contribution in [0.2, 0.25) is 5.02 Å². The summed E-state index contributed by atoms with van der Waals surface area (Å²) in [4.78, 5) is 24.8. The summed E-state index contributed by atoms with van der Waals surface area (Å²) < 4.78 is 5.10. The molecule has 0 spiro atoms. The molecule has 0 radical (unpaired) electrons. The number of carbonyl (C=O) groups excluding carboxylic acids is 1. The Kier molecular flexibility index (Phi) is 4.07. The first-order chi connectivity index (χ1) is 9.00. The summed E-state index contributed by atoms with van der Waals surface area (Å²) in [5.74, 6) is -1.40. The third kappa shape index (κ3) is 2.88. The van der Waals surface area contributed by atoms with Crippen molar-refractivity contribution >= 4 is 23.5 Å². The van der Waals surface area contributed by atoms with Crippen molar-refractivity contribution in [1.29, 1.82) is 0 Å². The van der Waals surface area contributed by atoms with Gasteiger partial charge in [-0.1, -0.05) is 17.7 Å². The van der Waals surface area contributed by atoms with E-state index in [4.69, 9.17) is 21.4 Å². The minimum atomic E-state index is -1.06. The maximum atomic E-state index is 12.3. The van der Waals surface area contributed by atoms with Crippen molar-refractivity contribution in [1.82, 2.24) is 4.90 Å². The van der Waals surface area contributed by atoms with Gasteiger partial charge in [0, 0.05) is 17.1 Å². The zero-order valence-electron chi connectivity index (χ0n) is 10.4. The van der Waals surface area contributed by atoms with Crippen LogP contribution in [0.5, 0.6) is 0 Å². The number of amides is 1. The molecule has 0 saturated carbocycles. The highest BCUT2D eigenvalue weighted by molar-refractivity contribution is 6.31. The summed E-state index contributed by atoms with van der Waals surface area (Å²) in [5, 5.41) is 9.59. The molecule has 1 N–H and O–H groups in total. The minimum absolute atomic E-state index is 0.0146. The first kappa shape index (κ1) is 13.8. The summed E-state index contributed by atoms with van der Waals surface area (Å²) in [5.41, 5.74) is 1.26. The maximum Gasteiger partial charge on any atom is 0.328 e. The maximum absolute atomic E-state index is 12.3. The van der Waals surface area contributed by atoms with Crippen molar-refractivity contribution in [2.75, 3.05) is 19.8 Å². The van der Waals surface area contributed by atoms with Gasteiger partial charge in [-0.15, -0.1) is 0 Å². The number of morpholine rings is 1. The van der Waals surface area contributed by atoms with Gasteiger partial charge in [0.1, 0.15) is 0 Å². The van der Waals surface area contributed by atoms with Crippen LogP contribution in [0.4, 0.5) is 0 Å². The monoisotopic (exact) mass is 283 g/mol. The number of nitrogens with zero attached hydrogens (tertiary/aromatic N) is 1. The average Bonchev–Trinajstić information content (AvgIpc) is 2.41. The van der Waals surface area contributed by atoms with E-state index in [0.29, 0.717) is 17.2 Å². The number of rotatable bonds is 2. The van der Waals surface area contributed by atoms with E-state index in [1.54, 1.807) is 18.2 Å². The highest BCUT2D eigenvalue weighted by Crippen LogP contribution is 2.19. The summed E-state index contributed by atoms with van der Waals surface area (Å²) in [6, 6.07) is 4.01. The molecule has 1 aromatic carbocycles. The minimum Gasteiger partial charge on any atom is -0.480 e. The lowest BCUT2D eigenvalue weighted by Crippen LogP contribution is -2.52. The number of carboxylic acid groups (broad SMARTS) is 1. The van der Waals surface area contributed by atoms with Gasteiger partial charge in [-0.25, -0.2) is 4.79 Å². The summed E-state index contributed by atoms with van der Waals surface area (Å²) in [6.07, 6.45) is 0. The quantitative estimate of drug-likeness (QED) is 0.895. The van der Waals surface area contributed by atoms with Crippen LogP contribution in [0.1, 0.15) is 15.9 Å². The lowest BCUT2D eigenvalue weighted by Gasteiger charge is -2.32. The Morgan fingerprint density at radius 2 is 2.21 bits per heavy atom. The van der Waals surface area contributed by atoms with E-state index in [1.165, 1.54) is 4.90 Å². The van der Waals surface area contributed by atoms with Gasteiger partial charge in [0.2, 0.25) is 0 Å². The van der Waals surface area contributed by atoms with Gasteiger partial charge in [-0.05, 0) is 24.6 Å². The van der Waals surface area contributed by atoms with Crippen LogP contribution in [0.15, 0.2) is 18.2 Å². The van der Waals surface area contributed by atoms with E-state index in [1.807, 2.05) is 6.92 Å². The van der Waals surface area contributed by atoms with Crippen molar-refractivity contribution in [2.45, 2.75) is 13.0 Å². The molecule has 2 rings (SSSR count). The van der Waals surface area contributed by atoms with Crippen LogP contribution in [0.3, 0.4) is 0 Å². The largest absolute Gasteiger partial charge is 0.480 e. The van der Waals surface area contributed by atoms with Crippen LogP contribution < -0.4 is 0 Å². The molecule has 1 aliphatic heterocycles. The second-order valence-corrected chi connectivity index (χ2v) is 4.80. The number of aliphatic carboxylic acids is 1. The lowest BCUT2D eigenvalue weighted by molar-refractivity contribution is -0.147. The summed E-state index contributed by atoms with van der Waals surface area (Å²) in [6.45, 7) is 2.46. The fourth-order valence-corrected chi connectivity index (χ4v) is 2.12. The van der Waals surface area contributed by atoms with Crippen molar-refractivity contribution in [3.63, 3.8) is 0 Å². The van der Waals surface area contributed by atoms with Gasteiger partial charge in [-0.3, -0.25) is 4.79 Å². The first-order valence-electron chi connectivity index (χ1n) is 5.88. The Hall–Kier alpha value is -1.59. The molecule has 1 atom stereocenters. The Balaban J connectivity index is 2.26. The highest BCUT2D eigenvalue weighted by Gasteiger charge is 2.33. The van der Waals surface area contributed by atoms with Gasteiger partial charge in [0.05, 0.1) is 13.2 Å². The topological polar surface area (TPSA) is 66.8 Å². The molecule has 1 saturated heterocycles. The molecular formula is C13H14ClNO4. The smallest absolute Gasteiger partial charge is 0.328 e. The molecule has 1 fully saturated rings. The normalized spacial score (nSPS) is 19.3. The fraction of sp³-hybridized carbons (Fsp3) is 0.385. The Labute approximate surface area is 115 Å². The Bertz CT molecular complexity index is 517. The first-order valence-corrected chi connectivity index (χ1v) is 6.26. The van der Waals surface area contributed by atoms with Crippen LogP contribution in [-0.4, -0.2) is 47.7 Å². The van der Waals surface area contributed by atoms with Crippen LogP contribution in [-0.2, 0) is 9.53 Å². The molecule has 0 aliphatic carbocycles. The number of hydrogen-bond acceptors (Lipinski definition) is 3. The van der Waals surface area contributed by atoms with Gasteiger partial charge in [0.15, 0.2) is 6.04 Å². The zero-order chi connectivity index (χ0) is 14.0. The predicted molar refractivity (Wildman–Crippen MR) is 69.5 cm³/mol. The number of carboxylic acids is 1. The second-order valence-electron chi connectivity index (χ2n) is 4.39. The van der Waals surface area contributed by atoms with Gasteiger partial charge in [-0.2, -0.15) is 0 Å². The Morgan fingerprint density at radius 3 is 2.84 bits per heavy atom. The van der Waals surface area contributed by atoms with Crippen LogP contribution in [0.25, 0.3) is 0 Å². The van der Waals surface area contributed by atoms with E-state index in [-0.39, 0.29) is 19.1 Å². The molecule has 19 heavy (non-hydrogen) atoms. The van der Waals surface area contributed by atoms with Crippen LogP contribution >= 0.6 is 11.6 Å². The van der Waals surface area contributed by atoms with Gasteiger partial charge in [0.25, 0.3) is 5.91 Å². The number of carbonyl (C=O) groups is 2. The lowest BCUT2D eigenvalue weighted by atomic mass is 10.1. The van der Waals surface area contributed by atoms with Gasteiger partial charge >= 0.3 is 5.97 Å². The third-order valence-corrected chi connectivity index (χ3v) is 3.50. The van der Waals surface area contributed by atoms with E-state index in [2.05, 4.69) is 0 Å². The van der Waals surface area contributed by atoms with Crippen molar-refractivity contribution in [2.24, 2.45) is 0 Å². The van der Waals surface area contributed by atoms with E-state index < -0.39 is 12.0 Å². The van der Waals surface area contributed by atoms with Crippen molar-refractivity contribution in [3.05, 3.63) is 34.3 Å². The van der Waals surface area contributed by atoms with Crippen LogP contribution in [0, 0.1) is 6.92 Å². The number of benzene rings is 1. The molecule has 6 heteroatoms. The molecular weight excluding hydrogens is 270 g/mol. The van der Waals surface area contributed by atoms with E-state index >= 15 is 0 Å². The molecule has 0 unspecified atom stereocenters. The van der Waals surface area contributed by atoms with E-state index in [0.717, 1.165) is 5.56 Å². The second kappa shape index (κ2) is 5.59. The van der Waals surface area contributed by atoms with Crippen molar-refractivity contribution in [3.8, 4) is 0 Å². The van der Waals surface area contributed by atoms with E-state index in [9.17, 15) is 9.59 Å². The molecule has 0 aromatic heterocycles. The fourth-order valence-electron chi connectivity index (χ4n) is 1.94. The molecule has 1 amide bonds. The molecule has 1 heterocycles. The Morgan fingerprint density at radius 1 is 1.47 bits per heavy atom. The molecule has 1 aromatic rings. The summed E-state index contributed by atoms with van der Waals surface area (Å²) in [7, 11) is 0. The summed E-state index contributed by atoms with van der Waals surface area (Å²) >= 11 is 5.98. The SMILES string of the molecule is Cc1ccc(C(=O)N2CCOC[C@@H]2C(=O)O)cc1Cl. The predicted octanol–water partition coefficient (Wildman–Crippen LogP) is 1.57.